The molecule has 1 aromatic heterocycles. The van der Waals surface area contributed by atoms with Crippen LogP contribution in [0.25, 0.3) is 0 Å². The average molecular weight is 381 g/mol. The van der Waals surface area contributed by atoms with Crippen molar-refractivity contribution in [1.82, 2.24) is 9.78 Å². The van der Waals surface area contributed by atoms with Gasteiger partial charge in [-0.3, -0.25) is 4.79 Å². The second kappa shape index (κ2) is 6.07. The number of nitrogens with one attached hydrogen (secondary N) is 1. The summed E-state index contributed by atoms with van der Waals surface area (Å²) in [5.41, 5.74) is 1.95. The lowest BCUT2D eigenvalue weighted by atomic mass is 9.78. The molecular weight excluding hydrogens is 362 g/mol. The molecule has 144 valence electrons. The number of hydrogen-bond acceptors (Lipinski definition) is 2. The number of hydrogen-bond donors (Lipinski definition) is 1. The molecular formula is C19H19F4N3O. The molecule has 4 rings (SSSR count). The Morgan fingerprint density at radius 1 is 1.19 bits per heavy atom. The highest BCUT2D eigenvalue weighted by atomic mass is 19.3. The van der Waals surface area contributed by atoms with Crippen LogP contribution in [-0.2, 0) is 11.3 Å². The molecule has 0 unspecified atom stereocenters. The van der Waals surface area contributed by atoms with Crippen LogP contribution in [0.5, 0.6) is 0 Å². The first-order valence-corrected chi connectivity index (χ1v) is 8.84. The van der Waals surface area contributed by atoms with Gasteiger partial charge in [-0.2, -0.15) is 5.10 Å². The van der Waals surface area contributed by atoms with Crippen LogP contribution < -0.4 is 5.32 Å². The minimum Gasteiger partial charge on any atom is -0.310 e. The second-order valence-corrected chi connectivity index (χ2v) is 7.47. The van der Waals surface area contributed by atoms with Crippen molar-refractivity contribution in [2.24, 2.45) is 5.92 Å². The van der Waals surface area contributed by atoms with Crippen LogP contribution in [0.3, 0.4) is 0 Å². The first-order chi connectivity index (χ1) is 12.7. The van der Waals surface area contributed by atoms with Crippen LogP contribution in [0.4, 0.5) is 23.4 Å². The Morgan fingerprint density at radius 2 is 1.81 bits per heavy atom. The van der Waals surface area contributed by atoms with E-state index in [1.165, 1.54) is 4.68 Å². The molecule has 8 heteroatoms. The summed E-state index contributed by atoms with van der Waals surface area (Å²) in [5, 5.41) is 7.00. The summed E-state index contributed by atoms with van der Waals surface area (Å²) in [6, 6.07) is 9.30. The molecule has 1 atom stereocenters. The lowest BCUT2D eigenvalue weighted by Crippen LogP contribution is -2.34. The number of benzene rings is 1. The molecule has 2 fully saturated rings. The number of rotatable bonds is 5. The number of carbonyl (C=O) groups excluding carboxylic acids is 1. The van der Waals surface area contributed by atoms with Gasteiger partial charge < -0.3 is 5.32 Å². The lowest BCUT2D eigenvalue weighted by Gasteiger charge is -2.34. The molecule has 0 bridgehead atoms. The zero-order chi connectivity index (χ0) is 19.4. The average Bonchev–Trinajstić information content (AvgIpc) is 3.13. The molecule has 2 aliphatic rings. The lowest BCUT2D eigenvalue weighted by molar-refractivity contribution is -0.119. The molecule has 0 spiro atoms. The highest BCUT2D eigenvalue weighted by molar-refractivity contribution is 5.95. The molecule has 2 saturated carbocycles. The number of nitrogens with zero attached hydrogens (tertiary/aromatic N) is 2. The maximum absolute atomic E-state index is 13.3. The number of halogens is 4. The fraction of sp³-hybridized carbons (Fsp3) is 0.474. The van der Waals surface area contributed by atoms with Crippen molar-refractivity contribution in [2.45, 2.75) is 50.5 Å². The highest BCUT2D eigenvalue weighted by Crippen LogP contribution is 2.50. The number of alkyl halides is 4. The van der Waals surface area contributed by atoms with Gasteiger partial charge in [0, 0.05) is 30.7 Å². The smallest absolute Gasteiger partial charge is 0.260 e. The predicted octanol–water partition coefficient (Wildman–Crippen LogP) is 4.35. The van der Waals surface area contributed by atoms with Crippen molar-refractivity contribution in [3.8, 4) is 0 Å². The van der Waals surface area contributed by atoms with Crippen molar-refractivity contribution < 1.29 is 22.4 Å². The SMILES string of the molecule is Cc1c(C2CC(F)(F)C2)nn(Cc2ccccc2)c1NC(=O)[C@@H]1CC1(F)F. The minimum absolute atomic E-state index is 0.287. The molecule has 2 aliphatic carbocycles. The van der Waals surface area contributed by atoms with Crippen LogP contribution in [0.1, 0.15) is 42.0 Å². The minimum atomic E-state index is -2.97. The van der Waals surface area contributed by atoms with E-state index in [4.69, 9.17) is 0 Å². The Labute approximate surface area is 153 Å². The molecule has 0 aliphatic heterocycles. The predicted molar refractivity (Wildman–Crippen MR) is 91.1 cm³/mol. The van der Waals surface area contributed by atoms with E-state index in [1.807, 2.05) is 30.3 Å². The zero-order valence-corrected chi connectivity index (χ0v) is 14.7. The number of aromatic nitrogens is 2. The Balaban J connectivity index is 1.62. The Hall–Kier alpha value is -2.38. The van der Waals surface area contributed by atoms with Crippen LogP contribution >= 0.6 is 0 Å². The standard InChI is InChI=1S/C19H19F4N3O/c1-11-15(13-7-18(20,21)8-13)25-26(10-12-5-3-2-4-6-12)16(11)24-17(27)14-9-19(14,22)23/h2-6,13-14H,7-10H2,1H3,(H,24,27)/t14-/m0/s1. The third kappa shape index (κ3) is 3.44. The summed E-state index contributed by atoms with van der Waals surface area (Å²) in [6.45, 7) is 1.99. The topological polar surface area (TPSA) is 46.9 Å². The molecule has 1 amide bonds. The fourth-order valence-electron chi connectivity index (χ4n) is 3.54. The molecule has 1 N–H and O–H groups in total. The van der Waals surface area contributed by atoms with Gasteiger partial charge in [0.1, 0.15) is 11.7 Å². The van der Waals surface area contributed by atoms with Crippen molar-refractivity contribution in [3.05, 3.63) is 47.2 Å². The Kier molecular flexibility index (Phi) is 4.05. The third-order valence-electron chi connectivity index (χ3n) is 5.26. The summed E-state index contributed by atoms with van der Waals surface area (Å²) in [6.07, 6.45) is -1.04. The maximum Gasteiger partial charge on any atom is 0.260 e. The van der Waals surface area contributed by atoms with Gasteiger partial charge >= 0.3 is 0 Å². The number of carbonyl (C=O) groups is 1. The first-order valence-electron chi connectivity index (χ1n) is 8.84. The molecule has 27 heavy (non-hydrogen) atoms. The Bertz CT molecular complexity index is 871. The van der Waals surface area contributed by atoms with E-state index >= 15 is 0 Å². The molecule has 1 aromatic carbocycles. The largest absolute Gasteiger partial charge is 0.310 e. The summed E-state index contributed by atoms with van der Waals surface area (Å²) in [4.78, 5) is 12.2. The van der Waals surface area contributed by atoms with E-state index in [-0.39, 0.29) is 12.8 Å². The summed E-state index contributed by atoms with van der Waals surface area (Å²) in [5.74, 6) is -7.86. The second-order valence-electron chi connectivity index (χ2n) is 7.47. The Morgan fingerprint density at radius 3 is 2.37 bits per heavy atom. The van der Waals surface area contributed by atoms with E-state index in [2.05, 4.69) is 10.4 Å². The van der Waals surface area contributed by atoms with Gasteiger partial charge in [-0.25, -0.2) is 22.2 Å². The third-order valence-corrected chi connectivity index (χ3v) is 5.26. The normalized spacial score (nSPS) is 22.9. The van der Waals surface area contributed by atoms with E-state index < -0.39 is 36.0 Å². The van der Waals surface area contributed by atoms with Gasteiger partial charge in [0.15, 0.2) is 0 Å². The number of anilines is 1. The molecule has 0 saturated heterocycles. The van der Waals surface area contributed by atoms with Crippen LogP contribution in [0.2, 0.25) is 0 Å². The van der Waals surface area contributed by atoms with E-state index in [0.717, 1.165) is 5.56 Å². The summed E-state index contributed by atoms with van der Waals surface area (Å²) >= 11 is 0. The van der Waals surface area contributed by atoms with Gasteiger partial charge in [-0.05, 0) is 12.5 Å². The van der Waals surface area contributed by atoms with Gasteiger partial charge in [0.25, 0.3) is 5.92 Å². The monoisotopic (exact) mass is 381 g/mol. The summed E-state index contributed by atoms with van der Waals surface area (Å²) in [7, 11) is 0. The maximum atomic E-state index is 13.3. The highest BCUT2D eigenvalue weighted by Gasteiger charge is 2.61. The van der Waals surface area contributed by atoms with E-state index in [0.29, 0.717) is 23.6 Å². The van der Waals surface area contributed by atoms with E-state index in [9.17, 15) is 22.4 Å². The molecule has 0 radical (unpaired) electrons. The molecule has 2 aromatic rings. The van der Waals surface area contributed by atoms with Crippen molar-refractivity contribution in [3.63, 3.8) is 0 Å². The van der Waals surface area contributed by atoms with Crippen molar-refractivity contribution in [1.29, 1.82) is 0 Å². The van der Waals surface area contributed by atoms with Crippen LogP contribution in [0.15, 0.2) is 30.3 Å². The zero-order valence-electron chi connectivity index (χ0n) is 14.7. The van der Waals surface area contributed by atoms with Crippen LogP contribution in [-0.4, -0.2) is 27.5 Å². The van der Waals surface area contributed by atoms with Gasteiger partial charge in [-0.1, -0.05) is 30.3 Å². The van der Waals surface area contributed by atoms with Crippen molar-refractivity contribution >= 4 is 11.7 Å². The fourth-order valence-corrected chi connectivity index (χ4v) is 3.54. The number of amides is 1. The van der Waals surface area contributed by atoms with Gasteiger partial charge in [-0.15, -0.1) is 0 Å². The van der Waals surface area contributed by atoms with Gasteiger partial charge in [0.05, 0.1) is 12.2 Å². The van der Waals surface area contributed by atoms with Crippen molar-refractivity contribution in [2.75, 3.05) is 5.32 Å². The first kappa shape index (κ1) is 18.0. The van der Waals surface area contributed by atoms with Gasteiger partial charge in [0.2, 0.25) is 11.8 Å². The molecule has 4 nitrogen and oxygen atoms in total. The quantitative estimate of drug-likeness (QED) is 0.783. The van der Waals surface area contributed by atoms with Crippen LogP contribution in [0, 0.1) is 12.8 Å². The van der Waals surface area contributed by atoms with E-state index in [1.54, 1.807) is 6.92 Å². The summed E-state index contributed by atoms with van der Waals surface area (Å²) < 4.78 is 54.5. The molecule has 1 heterocycles.